The van der Waals surface area contributed by atoms with E-state index in [4.69, 9.17) is 5.10 Å². The number of carbonyl (C=O) groups excluding carboxylic acids is 2. The van der Waals surface area contributed by atoms with Crippen LogP contribution in [0.25, 0.3) is 0 Å². The maximum absolute atomic E-state index is 13.6. The van der Waals surface area contributed by atoms with Gasteiger partial charge in [0.1, 0.15) is 6.54 Å². The summed E-state index contributed by atoms with van der Waals surface area (Å²) < 4.78 is 1.87. The molecule has 37 heavy (non-hydrogen) atoms. The van der Waals surface area contributed by atoms with Gasteiger partial charge in [-0.15, -0.1) is 0 Å². The van der Waals surface area contributed by atoms with Crippen LogP contribution in [0, 0.1) is 25.7 Å². The molecule has 8 heteroatoms. The van der Waals surface area contributed by atoms with Gasteiger partial charge in [0, 0.05) is 61.6 Å². The smallest absolute Gasteiger partial charge is 0.274 e. The van der Waals surface area contributed by atoms with Crippen LogP contribution in [0.4, 0.5) is 5.69 Å². The van der Waals surface area contributed by atoms with Crippen LogP contribution in [0.15, 0.2) is 18.2 Å². The maximum atomic E-state index is 13.6. The molecule has 3 heterocycles. The molecule has 2 saturated carbocycles. The number of rotatable bonds is 4. The van der Waals surface area contributed by atoms with Crippen molar-refractivity contribution in [1.82, 2.24) is 19.6 Å². The molecule has 196 valence electrons. The Morgan fingerprint density at radius 2 is 1.81 bits per heavy atom. The summed E-state index contributed by atoms with van der Waals surface area (Å²) in [4.78, 5) is 33.2. The van der Waals surface area contributed by atoms with Crippen molar-refractivity contribution in [2.45, 2.75) is 70.6 Å². The third-order valence-electron chi connectivity index (χ3n) is 9.96. The number of nitrogens with zero attached hydrogens (tertiary/aromatic N) is 5. The van der Waals surface area contributed by atoms with Gasteiger partial charge in [0.05, 0.1) is 5.60 Å². The van der Waals surface area contributed by atoms with Gasteiger partial charge in [0.15, 0.2) is 5.69 Å². The number of hydrogen-bond acceptors (Lipinski definition) is 5. The lowest BCUT2D eigenvalue weighted by molar-refractivity contribution is -0.132. The summed E-state index contributed by atoms with van der Waals surface area (Å²) in [6, 6.07) is 6.38. The van der Waals surface area contributed by atoms with Crippen LogP contribution >= 0.6 is 0 Å². The number of piperidine rings is 1. The molecule has 8 rings (SSSR count). The molecule has 2 aromatic rings. The Kier molecular flexibility index (Phi) is 4.92. The minimum absolute atomic E-state index is 0.0282. The summed E-state index contributed by atoms with van der Waals surface area (Å²) in [5.74, 6) is 2.41. The Morgan fingerprint density at radius 1 is 1.08 bits per heavy atom. The second-order valence-corrected chi connectivity index (χ2v) is 12.4. The van der Waals surface area contributed by atoms with Gasteiger partial charge in [-0.1, -0.05) is 12.1 Å². The number of carbonyl (C=O) groups is 2. The minimum atomic E-state index is -0.724. The van der Waals surface area contributed by atoms with Gasteiger partial charge in [-0.2, -0.15) is 5.10 Å². The molecule has 0 spiro atoms. The summed E-state index contributed by atoms with van der Waals surface area (Å²) >= 11 is 0. The van der Waals surface area contributed by atoms with Gasteiger partial charge in [-0.3, -0.25) is 14.3 Å². The third kappa shape index (κ3) is 3.47. The van der Waals surface area contributed by atoms with Crippen LogP contribution in [0.3, 0.4) is 0 Å². The highest BCUT2D eigenvalue weighted by Gasteiger charge is 2.81. The van der Waals surface area contributed by atoms with E-state index in [1.54, 1.807) is 0 Å². The average Bonchev–Trinajstić information content (AvgIpc) is 3.62. The van der Waals surface area contributed by atoms with Crippen molar-refractivity contribution in [3.05, 3.63) is 46.3 Å². The summed E-state index contributed by atoms with van der Waals surface area (Å²) in [7, 11) is 0. The molecular formula is C29H37N5O3. The van der Waals surface area contributed by atoms with Gasteiger partial charge >= 0.3 is 0 Å². The predicted octanol–water partition coefficient (Wildman–Crippen LogP) is 2.66. The molecule has 1 N–H and O–H groups in total. The van der Waals surface area contributed by atoms with E-state index in [-0.39, 0.29) is 24.4 Å². The van der Waals surface area contributed by atoms with Crippen molar-refractivity contribution in [1.29, 1.82) is 0 Å². The molecule has 4 fully saturated rings. The molecule has 2 bridgehead atoms. The number of aliphatic hydroxyl groups is 1. The molecule has 2 saturated heterocycles. The molecule has 2 aliphatic heterocycles. The molecule has 4 aliphatic carbocycles. The Hall–Kier alpha value is -2.87. The monoisotopic (exact) mass is 503 g/mol. The van der Waals surface area contributed by atoms with E-state index in [9.17, 15) is 14.7 Å². The van der Waals surface area contributed by atoms with E-state index in [1.165, 1.54) is 16.8 Å². The summed E-state index contributed by atoms with van der Waals surface area (Å²) in [6.45, 7) is 12.0. The third-order valence-corrected chi connectivity index (χ3v) is 9.96. The number of benzene rings is 1. The number of aromatic nitrogens is 2. The fraction of sp³-hybridized carbons (Fsp3) is 0.621. The molecule has 8 nitrogen and oxygen atoms in total. The first-order chi connectivity index (χ1) is 17.7. The highest BCUT2D eigenvalue weighted by atomic mass is 16.3. The zero-order valence-electron chi connectivity index (χ0n) is 22.3. The fourth-order valence-electron chi connectivity index (χ4n) is 7.59. The standard InChI is InChI=1S/C29H37N5O3/c1-16-6-5-7-19(18(16)3)31-10-12-32(13-11-31)20(35)15-34-27-24-21-22(24)23(21)25(27)26(30-34)28(36)33-9-8-29(4,37)14-17(33)2/h5-7,17,21-24,37H,8-15H2,1-4H3/t17?,21-,22?,23?,24?,29?/m0/s1. The van der Waals surface area contributed by atoms with Crippen molar-refractivity contribution >= 4 is 17.5 Å². The predicted molar refractivity (Wildman–Crippen MR) is 140 cm³/mol. The van der Waals surface area contributed by atoms with Gasteiger partial charge in [0.2, 0.25) is 5.91 Å². The maximum Gasteiger partial charge on any atom is 0.274 e. The number of aryl methyl sites for hydroxylation is 1. The van der Waals surface area contributed by atoms with Crippen LogP contribution in [-0.4, -0.2) is 80.9 Å². The van der Waals surface area contributed by atoms with E-state index in [1.807, 2.05) is 28.3 Å². The molecule has 2 amide bonds. The Morgan fingerprint density at radius 3 is 2.51 bits per heavy atom. The lowest BCUT2D eigenvalue weighted by Crippen LogP contribution is -2.50. The lowest BCUT2D eigenvalue weighted by Gasteiger charge is -2.40. The van der Waals surface area contributed by atoms with Crippen molar-refractivity contribution in [3.63, 3.8) is 0 Å². The van der Waals surface area contributed by atoms with Crippen LogP contribution < -0.4 is 4.90 Å². The summed E-state index contributed by atoms with van der Waals surface area (Å²) in [5.41, 5.74) is 5.98. The summed E-state index contributed by atoms with van der Waals surface area (Å²) in [5, 5.41) is 15.2. The van der Waals surface area contributed by atoms with E-state index in [2.05, 4.69) is 36.9 Å². The number of piperazine rings is 1. The second kappa shape index (κ2) is 7.82. The van der Waals surface area contributed by atoms with E-state index >= 15 is 0 Å². The molecule has 1 aromatic heterocycles. The van der Waals surface area contributed by atoms with Gasteiger partial charge < -0.3 is 19.8 Å². The molecule has 0 radical (unpaired) electrons. The molecule has 5 unspecified atom stereocenters. The molecule has 6 aliphatic rings. The quantitative estimate of drug-likeness (QED) is 0.694. The number of hydrogen-bond donors (Lipinski definition) is 1. The van der Waals surface area contributed by atoms with Gasteiger partial charge in [-0.05, 0) is 75.5 Å². The van der Waals surface area contributed by atoms with Crippen molar-refractivity contribution in [2.75, 3.05) is 37.6 Å². The first-order valence-electron chi connectivity index (χ1n) is 13.9. The second-order valence-electron chi connectivity index (χ2n) is 12.4. The van der Waals surface area contributed by atoms with E-state index in [0.717, 1.165) is 24.3 Å². The highest BCUT2D eigenvalue weighted by Crippen LogP contribution is 2.88. The normalized spacial score (nSPS) is 33.3. The molecule has 6 atom stereocenters. The average molecular weight is 504 g/mol. The van der Waals surface area contributed by atoms with Crippen molar-refractivity contribution in [3.8, 4) is 0 Å². The van der Waals surface area contributed by atoms with Crippen LogP contribution in [0.1, 0.15) is 71.4 Å². The van der Waals surface area contributed by atoms with Crippen LogP contribution in [0.2, 0.25) is 0 Å². The zero-order valence-corrected chi connectivity index (χ0v) is 22.3. The summed E-state index contributed by atoms with van der Waals surface area (Å²) in [6.07, 6.45) is 1.15. The van der Waals surface area contributed by atoms with Crippen LogP contribution in [0.5, 0.6) is 0 Å². The van der Waals surface area contributed by atoms with Crippen molar-refractivity contribution < 1.29 is 14.7 Å². The Labute approximate surface area is 218 Å². The first-order valence-corrected chi connectivity index (χ1v) is 13.9. The van der Waals surface area contributed by atoms with Crippen molar-refractivity contribution in [2.24, 2.45) is 11.8 Å². The zero-order chi connectivity index (χ0) is 25.8. The Bertz CT molecular complexity index is 1300. The lowest BCUT2D eigenvalue weighted by atomic mass is 9.88. The van der Waals surface area contributed by atoms with Crippen LogP contribution in [-0.2, 0) is 11.3 Å². The van der Waals surface area contributed by atoms with Gasteiger partial charge in [0.25, 0.3) is 5.91 Å². The largest absolute Gasteiger partial charge is 0.390 e. The number of likely N-dealkylation sites (tertiary alicyclic amines) is 1. The Balaban J connectivity index is 1.06. The van der Waals surface area contributed by atoms with E-state index < -0.39 is 5.60 Å². The molecule has 1 aromatic carbocycles. The first kappa shape index (κ1) is 23.3. The topological polar surface area (TPSA) is 81.9 Å². The fourth-order valence-corrected chi connectivity index (χ4v) is 7.59. The number of amides is 2. The number of anilines is 1. The molecular weight excluding hydrogens is 466 g/mol. The SMILES string of the molecule is Cc1cccc(N2CCN(C(=O)Cn3nc(C(=O)N4CCC(C)(O)CC4C)c4c3C3C5C4[C@@H]35)CC2)c1C. The minimum Gasteiger partial charge on any atom is -0.390 e. The van der Waals surface area contributed by atoms with Gasteiger partial charge in [-0.25, -0.2) is 0 Å². The van der Waals surface area contributed by atoms with E-state index in [0.29, 0.717) is 61.8 Å². The highest BCUT2D eigenvalue weighted by molar-refractivity contribution is 5.96.